The summed E-state index contributed by atoms with van der Waals surface area (Å²) < 4.78 is 27.5. The second-order valence-electron chi connectivity index (χ2n) is 7.62. The van der Waals surface area contributed by atoms with Crippen molar-refractivity contribution < 1.29 is 13.2 Å². The molecule has 6 nitrogen and oxygen atoms in total. The van der Waals surface area contributed by atoms with Crippen LogP contribution >= 0.6 is 0 Å². The Hall–Kier alpha value is -1.44. The molecule has 2 saturated heterocycles. The number of hydrogen-bond donors (Lipinski definition) is 1. The summed E-state index contributed by atoms with van der Waals surface area (Å²) in [5.74, 6) is -0.0453. The van der Waals surface area contributed by atoms with Crippen molar-refractivity contribution in [1.29, 1.82) is 0 Å². The van der Waals surface area contributed by atoms with Crippen LogP contribution in [0.5, 0.6) is 0 Å². The van der Waals surface area contributed by atoms with Gasteiger partial charge in [-0.1, -0.05) is 31.5 Å². The maximum atomic E-state index is 12.9. The molecule has 2 unspecified atom stereocenters. The van der Waals surface area contributed by atoms with Crippen LogP contribution in [0, 0.1) is 11.8 Å². The van der Waals surface area contributed by atoms with Gasteiger partial charge in [-0.2, -0.15) is 4.31 Å². The van der Waals surface area contributed by atoms with Crippen molar-refractivity contribution in [2.45, 2.75) is 50.3 Å². The van der Waals surface area contributed by atoms with E-state index in [0.717, 1.165) is 45.2 Å². The number of amides is 1. The number of rotatable bonds is 6. The summed E-state index contributed by atoms with van der Waals surface area (Å²) in [5.41, 5.74) is 3.08. The van der Waals surface area contributed by atoms with Gasteiger partial charge in [0.05, 0.1) is 4.90 Å². The zero-order valence-electron chi connectivity index (χ0n) is 16.1. The number of carbonyl (C=O) groups excluding carboxylic acids is 1. The highest BCUT2D eigenvalue weighted by Crippen LogP contribution is 2.30. The summed E-state index contributed by atoms with van der Waals surface area (Å²) in [6.45, 7) is 4.77. The van der Waals surface area contributed by atoms with Crippen molar-refractivity contribution in [3.05, 3.63) is 30.3 Å². The monoisotopic (exact) mass is 393 g/mol. The van der Waals surface area contributed by atoms with Crippen LogP contribution in [-0.2, 0) is 14.8 Å². The number of benzene rings is 1. The van der Waals surface area contributed by atoms with E-state index in [0.29, 0.717) is 18.0 Å². The van der Waals surface area contributed by atoms with Crippen LogP contribution in [-0.4, -0.2) is 49.8 Å². The minimum absolute atomic E-state index is 0.0448. The molecule has 0 radical (unpaired) electrons. The Morgan fingerprint density at radius 3 is 2.48 bits per heavy atom. The smallest absolute Gasteiger partial charge is 0.243 e. The molecule has 2 atom stereocenters. The predicted octanol–water partition coefficient (Wildman–Crippen LogP) is 2.63. The van der Waals surface area contributed by atoms with Gasteiger partial charge in [0.2, 0.25) is 15.9 Å². The molecule has 0 saturated carbocycles. The summed E-state index contributed by atoms with van der Waals surface area (Å²) in [5, 5.41) is 2.02. The summed E-state index contributed by atoms with van der Waals surface area (Å²) in [4.78, 5) is 13.2. The maximum Gasteiger partial charge on any atom is 0.243 e. The van der Waals surface area contributed by atoms with Crippen LogP contribution in [0.1, 0.15) is 45.4 Å². The molecule has 7 heteroatoms. The van der Waals surface area contributed by atoms with Crippen molar-refractivity contribution in [2.24, 2.45) is 11.8 Å². The van der Waals surface area contributed by atoms with E-state index in [2.05, 4.69) is 5.43 Å². The first-order valence-corrected chi connectivity index (χ1v) is 11.6. The van der Waals surface area contributed by atoms with Crippen LogP contribution in [0.4, 0.5) is 0 Å². The molecule has 1 amide bonds. The molecule has 0 aliphatic carbocycles. The van der Waals surface area contributed by atoms with Crippen molar-refractivity contribution in [3.8, 4) is 0 Å². The number of sulfonamides is 1. The summed E-state index contributed by atoms with van der Waals surface area (Å²) >= 11 is 0. The van der Waals surface area contributed by atoms with Gasteiger partial charge in [0.25, 0.3) is 0 Å². The van der Waals surface area contributed by atoms with Crippen LogP contribution in [0.2, 0.25) is 0 Å². The van der Waals surface area contributed by atoms with Gasteiger partial charge >= 0.3 is 0 Å². The van der Waals surface area contributed by atoms with Crippen LogP contribution < -0.4 is 5.43 Å². The number of hydrogen-bond acceptors (Lipinski definition) is 4. The highest BCUT2D eigenvalue weighted by Gasteiger charge is 2.36. The summed E-state index contributed by atoms with van der Waals surface area (Å²) in [6.07, 6.45) is 5.87. The third-order valence-corrected chi connectivity index (χ3v) is 7.65. The number of nitrogens with one attached hydrogen (secondary N) is 1. The van der Waals surface area contributed by atoms with E-state index in [9.17, 15) is 13.2 Å². The van der Waals surface area contributed by atoms with E-state index in [-0.39, 0.29) is 17.7 Å². The largest absolute Gasteiger partial charge is 0.289 e. The lowest BCUT2D eigenvalue weighted by molar-refractivity contribution is -0.132. The second-order valence-corrected chi connectivity index (χ2v) is 9.55. The first kappa shape index (κ1) is 20.3. The first-order valence-electron chi connectivity index (χ1n) is 10.1. The highest BCUT2D eigenvalue weighted by molar-refractivity contribution is 7.89. The lowest BCUT2D eigenvalue weighted by atomic mass is 9.84. The standard InChI is InChI=1S/C20H31N3O3S/c1-2-19(20(24)21-22-13-7-4-8-14-22)17-10-9-15-23(16-17)27(25,26)18-11-5-3-6-12-18/h3,5-6,11-12,17,19H,2,4,7-10,13-16H2,1H3,(H,21,24). The molecule has 0 spiro atoms. The number of nitrogens with zero attached hydrogens (tertiary/aromatic N) is 2. The van der Waals surface area contributed by atoms with Gasteiger partial charge in [-0.25, -0.2) is 13.4 Å². The van der Waals surface area contributed by atoms with Gasteiger partial charge < -0.3 is 0 Å². The van der Waals surface area contributed by atoms with Crippen molar-refractivity contribution in [1.82, 2.24) is 14.7 Å². The summed E-state index contributed by atoms with van der Waals surface area (Å²) in [6, 6.07) is 8.58. The second kappa shape index (κ2) is 9.17. The lowest BCUT2D eigenvalue weighted by Crippen LogP contribution is -2.50. The zero-order valence-corrected chi connectivity index (χ0v) is 17.0. The van der Waals surface area contributed by atoms with E-state index < -0.39 is 10.0 Å². The highest BCUT2D eigenvalue weighted by atomic mass is 32.2. The third-order valence-electron chi connectivity index (χ3n) is 5.77. The molecule has 27 heavy (non-hydrogen) atoms. The average molecular weight is 394 g/mol. The SMILES string of the molecule is CCC(C(=O)NN1CCCCC1)C1CCCN(S(=O)(=O)c2ccccc2)C1. The fraction of sp³-hybridized carbons (Fsp3) is 0.650. The van der Waals surface area contributed by atoms with Gasteiger partial charge in [0, 0.05) is 32.1 Å². The molecule has 1 N–H and O–H groups in total. The number of piperidine rings is 2. The quantitative estimate of drug-likeness (QED) is 0.807. The average Bonchev–Trinajstić information content (AvgIpc) is 2.70. The van der Waals surface area contributed by atoms with Crippen LogP contribution in [0.15, 0.2) is 35.2 Å². The third kappa shape index (κ3) is 4.89. The van der Waals surface area contributed by atoms with E-state index in [1.165, 1.54) is 6.42 Å². The van der Waals surface area contributed by atoms with Crippen molar-refractivity contribution in [2.75, 3.05) is 26.2 Å². The predicted molar refractivity (Wildman–Crippen MR) is 105 cm³/mol. The van der Waals surface area contributed by atoms with Gasteiger partial charge in [0.15, 0.2) is 0 Å². The Bertz CT molecular complexity index is 717. The molecule has 2 aliphatic heterocycles. The molecule has 1 aromatic carbocycles. The van der Waals surface area contributed by atoms with Crippen molar-refractivity contribution in [3.63, 3.8) is 0 Å². The molecule has 2 aliphatic rings. The molecule has 2 fully saturated rings. The molecular weight excluding hydrogens is 362 g/mol. The Kier molecular flexibility index (Phi) is 6.89. The molecule has 0 aromatic heterocycles. The number of carbonyl (C=O) groups is 1. The Morgan fingerprint density at radius 2 is 1.81 bits per heavy atom. The topological polar surface area (TPSA) is 69.7 Å². The normalized spacial score (nSPS) is 23.7. The first-order chi connectivity index (χ1) is 13.0. The molecule has 0 bridgehead atoms. The van der Waals surface area contributed by atoms with Crippen molar-refractivity contribution >= 4 is 15.9 Å². The van der Waals surface area contributed by atoms with Gasteiger partial charge in [-0.15, -0.1) is 0 Å². The Labute approximate surface area is 162 Å². The molecule has 1 aromatic rings. The van der Waals surface area contributed by atoms with E-state index >= 15 is 0 Å². The fourth-order valence-corrected chi connectivity index (χ4v) is 5.80. The molecule has 2 heterocycles. The minimum Gasteiger partial charge on any atom is -0.289 e. The summed E-state index contributed by atoms with van der Waals surface area (Å²) in [7, 11) is -3.50. The molecular formula is C20H31N3O3S. The fourth-order valence-electron chi connectivity index (χ4n) is 4.24. The maximum absolute atomic E-state index is 12.9. The van der Waals surface area contributed by atoms with Gasteiger partial charge in [-0.05, 0) is 50.2 Å². The molecule has 150 valence electrons. The van der Waals surface area contributed by atoms with E-state index in [1.54, 1.807) is 28.6 Å². The van der Waals surface area contributed by atoms with E-state index in [4.69, 9.17) is 0 Å². The minimum atomic E-state index is -3.50. The number of hydrazine groups is 1. The Balaban J connectivity index is 1.67. The Morgan fingerprint density at radius 1 is 1.11 bits per heavy atom. The van der Waals surface area contributed by atoms with Gasteiger partial charge in [0.1, 0.15) is 0 Å². The van der Waals surface area contributed by atoms with Crippen LogP contribution in [0.25, 0.3) is 0 Å². The van der Waals surface area contributed by atoms with E-state index in [1.807, 2.05) is 18.0 Å². The van der Waals surface area contributed by atoms with Crippen LogP contribution in [0.3, 0.4) is 0 Å². The molecule has 3 rings (SSSR count). The van der Waals surface area contributed by atoms with Gasteiger partial charge in [-0.3, -0.25) is 10.2 Å². The lowest BCUT2D eigenvalue weighted by Gasteiger charge is -2.36. The zero-order chi connectivity index (χ0) is 19.3.